The summed E-state index contributed by atoms with van der Waals surface area (Å²) >= 11 is 1.35. The lowest BCUT2D eigenvalue weighted by molar-refractivity contribution is -0.143. The third kappa shape index (κ3) is 11.5. The molecule has 0 heterocycles. The number of hydrogen-bond donors (Lipinski definition) is 8. The summed E-state index contributed by atoms with van der Waals surface area (Å²) in [5.41, 5.74) is 15.8. The molecular formula is C17H30N6O8S. The van der Waals surface area contributed by atoms with Gasteiger partial charge in [0.05, 0.1) is 19.1 Å². The number of aliphatic carboxylic acids is 1. The molecule has 0 aliphatic rings. The van der Waals surface area contributed by atoms with Gasteiger partial charge in [-0.25, -0.2) is 4.79 Å². The molecule has 0 aromatic carbocycles. The molecule has 15 heteroatoms. The van der Waals surface area contributed by atoms with Crippen molar-refractivity contribution in [2.45, 2.75) is 49.9 Å². The highest BCUT2D eigenvalue weighted by Gasteiger charge is 2.30. The van der Waals surface area contributed by atoms with Crippen LogP contribution in [0.5, 0.6) is 0 Å². The maximum Gasteiger partial charge on any atom is 0.328 e. The maximum atomic E-state index is 12.7. The lowest BCUT2D eigenvalue weighted by atomic mass is 10.1. The van der Waals surface area contributed by atoms with Crippen molar-refractivity contribution in [2.75, 3.05) is 18.6 Å². The number of carboxylic acids is 1. The summed E-state index contributed by atoms with van der Waals surface area (Å²) in [7, 11) is 0. The predicted octanol–water partition coefficient (Wildman–Crippen LogP) is -4.26. The van der Waals surface area contributed by atoms with Crippen molar-refractivity contribution in [1.82, 2.24) is 16.0 Å². The minimum absolute atomic E-state index is 0.0892. The van der Waals surface area contributed by atoms with Gasteiger partial charge < -0.3 is 43.4 Å². The molecule has 4 atom stereocenters. The summed E-state index contributed by atoms with van der Waals surface area (Å²) in [5.74, 6) is -5.33. The molecule has 0 radical (unpaired) electrons. The number of aliphatic hydroxyl groups is 1. The molecule has 14 nitrogen and oxygen atoms in total. The third-order valence-corrected chi connectivity index (χ3v) is 4.76. The number of nitrogens with two attached hydrogens (primary N) is 3. The largest absolute Gasteiger partial charge is 0.480 e. The van der Waals surface area contributed by atoms with Crippen LogP contribution in [0.3, 0.4) is 0 Å². The summed E-state index contributed by atoms with van der Waals surface area (Å²) in [6.45, 7) is -0.867. The van der Waals surface area contributed by atoms with E-state index in [9.17, 15) is 28.8 Å². The molecule has 4 unspecified atom stereocenters. The zero-order valence-electron chi connectivity index (χ0n) is 17.5. The van der Waals surface area contributed by atoms with Crippen molar-refractivity contribution in [3.05, 3.63) is 0 Å². The zero-order chi connectivity index (χ0) is 24.8. The summed E-state index contributed by atoms with van der Waals surface area (Å²) in [4.78, 5) is 70.5. The minimum atomic E-state index is -1.58. The Hall–Kier alpha value is -2.91. The molecule has 0 aromatic rings. The van der Waals surface area contributed by atoms with Crippen LogP contribution in [-0.4, -0.2) is 88.5 Å². The van der Waals surface area contributed by atoms with Crippen molar-refractivity contribution in [2.24, 2.45) is 17.2 Å². The van der Waals surface area contributed by atoms with E-state index in [-0.39, 0.29) is 19.3 Å². The van der Waals surface area contributed by atoms with Gasteiger partial charge in [0.2, 0.25) is 29.5 Å². The van der Waals surface area contributed by atoms with Gasteiger partial charge in [-0.15, -0.1) is 0 Å². The molecule has 11 N–H and O–H groups in total. The molecular weight excluding hydrogens is 448 g/mol. The summed E-state index contributed by atoms with van der Waals surface area (Å²) < 4.78 is 0. The highest BCUT2D eigenvalue weighted by atomic mass is 32.2. The Kier molecular flexibility index (Phi) is 13.6. The second-order valence-corrected chi connectivity index (χ2v) is 7.75. The van der Waals surface area contributed by atoms with Crippen LogP contribution >= 0.6 is 11.8 Å². The van der Waals surface area contributed by atoms with Gasteiger partial charge in [0.15, 0.2) is 0 Å². The molecule has 0 fully saturated rings. The number of carbonyl (C=O) groups excluding carboxylic acids is 5. The van der Waals surface area contributed by atoms with Crippen LogP contribution < -0.4 is 33.2 Å². The molecule has 5 amide bonds. The van der Waals surface area contributed by atoms with Gasteiger partial charge in [-0.2, -0.15) is 11.8 Å². The Morgan fingerprint density at radius 3 is 1.84 bits per heavy atom. The molecule has 0 aliphatic heterocycles. The number of hydrogen-bond acceptors (Lipinski definition) is 9. The smallest absolute Gasteiger partial charge is 0.328 e. The van der Waals surface area contributed by atoms with Gasteiger partial charge in [0.1, 0.15) is 18.1 Å². The summed E-state index contributed by atoms with van der Waals surface area (Å²) in [5, 5.41) is 24.7. The first-order valence-corrected chi connectivity index (χ1v) is 10.9. The number of carbonyl (C=O) groups is 6. The number of amides is 5. The van der Waals surface area contributed by atoms with Crippen molar-refractivity contribution < 1.29 is 39.0 Å². The molecule has 0 saturated carbocycles. The van der Waals surface area contributed by atoms with E-state index in [0.29, 0.717) is 5.75 Å². The first-order valence-electron chi connectivity index (χ1n) is 9.48. The standard InChI is InChI=1S/C17H30N6O8S/c1-32-5-4-9(15(28)23-11(7-24)17(30)31)21-16(29)10(6-13(20)26)22-14(27)8(18)2-3-12(19)25/h8-11,24H,2-7,18H2,1H3,(H2,19,25)(H2,20,26)(H,21,29)(H,22,27)(H,23,28)(H,30,31). The van der Waals surface area contributed by atoms with Crippen LogP contribution in [0.15, 0.2) is 0 Å². The van der Waals surface area contributed by atoms with Gasteiger partial charge in [0, 0.05) is 6.42 Å². The van der Waals surface area contributed by atoms with E-state index in [1.54, 1.807) is 6.26 Å². The van der Waals surface area contributed by atoms with Gasteiger partial charge in [-0.05, 0) is 24.9 Å². The Balaban J connectivity index is 5.36. The number of thioether (sulfide) groups is 1. The van der Waals surface area contributed by atoms with Crippen molar-refractivity contribution in [1.29, 1.82) is 0 Å². The second kappa shape index (κ2) is 15.0. The fourth-order valence-electron chi connectivity index (χ4n) is 2.35. The van der Waals surface area contributed by atoms with Crippen LogP contribution in [0.25, 0.3) is 0 Å². The Labute approximate surface area is 188 Å². The van der Waals surface area contributed by atoms with Gasteiger partial charge in [-0.3, -0.25) is 24.0 Å². The van der Waals surface area contributed by atoms with E-state index >= 15 is 0 Å². The van der Waals surface area contributed by atoms with Crippen molar-refractivity contribution >= 4 is 47.3 Å². The van der Waals surface area contributed by atoms with Gasteiger partial charge in [0.25, 0.3) is 0 Å². The predicted molar refractivity (Wildman–Crippen MR) is 114 cm³/mol. The van der Waals surface area contributed by atoms with Crippen molar-refractivity contribution in [3.8, 4) is 0 Å². The van der Waals surface area contributed by atoms with E-state index in [4.69, 9.17) is 27.4 Å². The van der Waals surface area contributed by atoms with Crippen molar-refractivity contribution in [3.63, 3.8) is 0 Å². The monoisotopic (exact) mass is 478 g/mol. The number of carboxylic acid groups (broad SMARTS) is 1. The van der Waals surface area contributed by atoms with Gasteiger partial charge >= 0.3 is 5.97 Å². The molecule has 182 valence electrons. The zero-order valence-corrected chi connectivity index (χ0v) is 18.4. The maximum absolute atomic E-state index is 12.7. The molecule has 0 aromatic heterocycles. The van der Waals surface area contributed by atoms with Crippen LogP contribution in [0, 0.1) is 0 Å². The molecule has 0 bridgehead atoms. The average molecular weight is 479 g/mol. The fourth-order valence-corrected chi connectivity index (χ4v) is 2.82. The van der Waals surface area contributed by atoms with Crippen LogP contribution in [0.2, 0.25) is 0 Å². The van der Waals surface area contributed by atoms with Crippen LogP contribution in [-0.2, 0) is 28.8 Å². The number of nitrogens with one attached hydrogen (secondary N) is 3. The van der Waals surface area contributed by atoms with E-state index in [2.05, 4.69) is 16.0 Å². The number of aliphatic hydroxyl groups excluding tert-OH is 1. The highest BCUT2D eigenvalue weighted by molar-refractivity contribution is 7.98. The SMILES string of the molecule is CSCCC(NC(=O)C(CC(N)=O)NC(=O)C(N)CCC(N)=O)C(=O)NC(CO)C(=O)O. The Bertz CT molecular complexity index is 707. The van der Waals surface area contributed by atoms with Gasteiger partial charge in [-0.1, -0.05) is 0 Å². The molecule has 0 spiro atoms. The number of primary amides is 2. The van der Waals surface area contributed by atoms with Crippen LogP contribution in [0.1, 0.15) is 25.7 Å². The quantitative estimate of drug-likeness (QED) is 0.106. The lowest BCUT2D eigenvalue weighted by Gasteiger charge is -2.24. The topological polar surface area (TPSA) is 257 Å². The second-order valence-electron chi connectivity index (χ2n) is 6.77. The molecule has 32 heavy (non-hydrogen) atoms. The summed E-state index contributed by atoms with van der Waals surface area (Å²) in [6.07, 6.45) is 0.960. The van der Waals surface area contributed by atoms with E-state index in [1.807, 2.05) is 0 Å². The lowest BCUT2D eigenvalue weighted by Crippen LogP contribution is -2.58. The third-order valence-electron chi connectivity index (χ3n) is 4.12. The normalized spacial score (nSPS) is 14.3. The number of rotatable bonds is 16. The Morgan fingerprint density at radius 1 is 0.844 bits per heavy atom. The molecule has 0 rings (SSSR count). The van der Waals surface area contributed by atoms with E-state index in [0.717, 1.165) is 0 Å². The fraction of sp³-hybridized carbons (Fsp3) is 0.647. The van der Waals surface area contributed by atoms with E-state index < -0.39 is 72.7 Å². The molecule has 0 aliphatic carbocycles. The average Bonchev–Trinajstić information content (AvgIpc) is 2.71. The minimum Gasteiger partial charge on any atom is -0.480 e. The first kappa shape index (κ1) is 29.1. The Morgan fingerprint density at radius 2 is 1.38 bits per heavy atom. The van der Waals surface area contributed by atoms with Crippen LogP contribution in [0.4, 0.5) is 0 Å². The molecule has 0 saturated heterocycles. The van der Waals surface area contributed by atoms with E-state index in [1.165, 1.54) is 11.8 Å². The first-order chi connectivity index (χ1) is 14.9. The highest BCUT2D eigenvalue weighted by Crippen LogP contribution is 2.04. The summed E-state index contributed by atoms with van der Waals surface area (Å²) in [6, 6.07) is -5.47.